The van der Waals surface area contributed by atoms with Gasteiger partial charge in [0, 0.05) is 13.0 Å². The molecular formula is C26H27NO2. The number of rotatable bonds is 7. The predicted octanol–water partition coefficient (Wildman–Crippen LogP) is 5.01. The molecule has 148 valence electrons. The van der Waals surface area contributed by atoms with Crippen molar-refractivity contribution in [3.63, 3.8) is 0 Å². The Balaban J connectivity index is 1.55. The third-order valence-electron chi connectivity index (χ3n) is 5.58. The van der Waals surface area contributed by atoms with Crippen LogP contribution in [0, 0.1) is 0 Å². The molecule has 0 aromatic heterocycles. The van der Waals surface area contributed by atoms with E-state index < -0.39 is 0 Å². The molecule has 3 heteroatoms. The fraction of sp³-hybridized carbons (Fsp3) is 0.269. The largest absolute Gasteiger partial charge is 0.371 e. The molecule has 1 heterocycles. The van der Waals surface area contributed by atoms with E-state index in [9.17, 15) is 4.79 Å². The number of piperidine rings is 1. The highest BCUT2D eigenvalue weighted by molar-refractivity contribution is 5.77. The number of likely N-dealkylation sites (tertiary alicyclic amines) is 1. The summed E-state index contributed by atoms with van der Waals surface area (Å²) in [5.41, 5.74) is 3.55. The van der Waals surface area contributed by atoms with Crippen LogP contribution in [-0.4, -0.2) is 23.0 Å². The maximum Gasteiger partial charge on any atom is 0.223 e. The Bertz CT molecular complexity index is 896. The molecule has 0 unspecified atom stereocenters. The number of ether oxygens (including phenoxy) is 1. The molecule has 3 aromatic rings. The Morgan fingerprint density at radius 3 is 1.93 bits per heavy atom. The van der Waals surface area contributed by atoms with Gasteiger partial charge in [-0.15, -0.1) is 0 Å². The quantitative estimate of drug-likeness (QED) is 0.572. The van der Waals surface area contributed by atoms with E-state index in [1.54, 1.807) is 0 Å². The lowest BCUT2D eigenvalue weighted by atomic mass is 9.91. The minimum atomic E-state index is 0.0248. The lowest BCUT2D eigenvalue weighted by Crippen LogP contribution is -2.52. The van der Waals surface area contributed by atoms with Crippen LogP contribution in [0.25, 0.3) is 0 Å². The minimum Gasteiger partial charge on any atom is -0.371 e. The lowest BCUT2D eigenvalue weighted by Gasteiger charge is -2.41. The molecule has 0 spiro atoms. The van der Waals surface area contributed by atoms with Gasteiger partial charge >= 0.3 is 0 Å². The zero-order valence-corrected chi connectivity index (χ0v) is 16.6. The fourth-order valence-electron chi connectivity index (χ4n) is 4.04. The molecule has 1 saturated heterocycles. The van der Waals surface area contributed by atoms with Gasteiger partial charge in [-0.1, -0.05) is 91.0 Å². The van der Waals surface area contributed by atoms with Crippen molar-refractivity contribution in [3.8, 4) is 0 Å². The summed E-state index contributed by atoms with van der Waals surface area (Å²) < 4.78 is 6.38. The molecule has 2 atom stereocenters. The molecule has 1 aliphatic rings. The standard InChI is InChI=1S/C26H27NO2/c28-26-17-16-25(29-20-23-14-8-3-9-15-23)24(18-21-10-4-1-5-11-21)27(26)19-22-12-6-2-7-13-22/h1-15,24-25H,16-20H2/t24-,25+/m0/s1. The van der Waals surface area contributed by atoms with E-state index in [1.165, 1.54) is 5.56 Å². The second-order valence-electron chi connectivity index (χ2n) is 7.64. The van der Waals surface area contributed by atoms with Crippen LogP contribution in [-0.2, 0) is 29.1 Å². The highest BCUT2D eigenvalue weighted by atomic mass is 16.5. The smallest absolute Gasteiger partial charge is 0.223 e. The van der Waals surface area contributed by atoms with E-state index in [-0.39, 0.29) is 18.1 Å². The zero-order chi connectivity index (χ0) is 19.9. The van der Waals surface area contributed by atoms with Crippen LogP contribution in [0.15, 0.2) is 91.0 Å². The van der Waals surface area contributed by atoms with Gasteiger partial charge in [-0.3, -0.25) is 4.79 Å². The molecule has 0 radical (unpaired) electrons. The fourth-order valence-corrected chi connectivity index (χ4v) is 4.04. The first kappa shape index (κ1) is 19.4. The van der Waals surface area contributed by atoms with Crippen molar-refractivity contribution in [2.75, 3.05) is 0 Å². The van der Waals surface area contributed by atoms with E-state index in [0.717, 1.165) is 24.0 Å². The van der Waals surface area contributed by atoms with Crippen LogP contribution < -0.4 is 0 Å². The first-order valence-corrected chi connectivity index (χ1v) is 10.3. The number of carbonyl (C=O) groups is 1. The first-order chi connectivity index (χ1) is 14.3. The third-order valence-corrected chi connectivity index (χ3v) is 5.58. The molecule has 3 nitrogen and oxygen atoms in total. The van der Waals surface area contributed by atoms with Gasteiger partial charge in [-0.2, -0.15) is 0 Å². The maximum atomic E-state index is 12.9. The lowest BCUT2D eigenvalue weighted by molar-refractivity contribution is -0.146. The van der Waals surface area contributed by atoms with E-state index in [0.29, 0.717) is 19.6 Å². The molecule has 3 aromatic carbocycles. The molecule has 0 bridgehead atoms. The number of carbonyl (C=O) groups excluding carboxylic acids is 1. The van der Waals surface area contributed by atoms with E-state index in [1.807, 2.05) is 47.4 Å². The Morgan fingerprint density at radius 2 is 1.31 bits per heavy atom. The second-order valence-corrected chi connectivity index (χ2v) is 7.64. The first-order valence-electron chi connectivity index (χ1n) is 10.3. The van der Waals surface area contributed by atoms with Crippen molar-refractivity contribution in [1.29, 1.82) is 0 Å². The summed E-state index contributed by atoms with van der Waals surface area (Å²) in [6.45, 7) is 1.20. The van der Waals surface area contributed by atoms with E-state index in [2.05, 4.69) is 48.5 Å². The van der Waals surface area contributed by atoms with Crippen LogP contribution in [0.4, 0.5) is 0 Å². The molecule has 1 aliphatic heterocycles. The van der Waals surface area contributed by atoms with E-state index >= 15 is 0 Å². The molecule has 29 heavy (non-hydrogen) atoms. The van der Waals surface area contributed by atoms with E-state index in [4.69, 9.17) is 4.74 Å². The minimum absolute atomic E-state index is 0.0248. The van der Waals surface area contributed by atoms with Gasteiger partial charge in [0.25, 0.3) is 0 Å². The molecular weight excluding hydrogens is 358 g/mol. The maximum absolute atomic E-state index is 12.9. The zero-order valence-electron chi connectivity index (χ0n) is 16.6. The SMILES string of the molecule is O=C1CC[C@@H](OCc2ccccc2)[C@H](Cc2ccccc2)N1Cc1ccccc1. The van der Waals surface area contributed by atoms with Gasteiger partial charge in [0.1, 0.15) is 0 Å². The van der Waals surface area contributed by atoms with Crippen LogP contribution in [0.1, 0.15) is 29.5 Å². The summed E-state index contributed by atoms with van der Waals surface area (Å²) in [5, 5.41) is 0. The summed E-state index contributed by atoms with van der Waals surface area (Å²) in [4.78, 5) is 14.9. The monoisotopic (exact) mass is 385 g/mol. The van der Waals surface area contributed by atoms with Gasteiger partial charge in [0.05, 0.1) is 18.8 Å². The summed E-state index contributed by atoms with van der Waals surface area (Å²) in [6, 6.07) is 30.9. The van der Waals surface area contributed by atoms with Crippen molar-refractivity contribution >= 4 is 5.91 Å². The van der Waals surface area contributed by atoms with Crippen molar-refractivity contribution in [2.45, 2.75) is 44.6 Å². The third kappa shape index (κ3) is 5.12. The number of benzene rings is 3. The Labute approximate surface area is 172 Å². The van der Waals surface area contributed by atoms with Crippen LogP contribution in [0.5, 0.6) is 0 Å². The number of hydrogen-bond acceptors (Lipinski definition) is 2. The predicted molar refractivity (Wildman–Crippen MR) is 115 cm³/mol. The highest BCUT2D eigenvalue weighted by Gasteiger charge is 2.36. The van der Waals surface area contributed by atoms with Crippen LogP contribution in [0.3, 0.4) is 0 Å². The Kier molecular flexibility index (Phi) is 6.38. The number of nitrogens with zero attached hydrogens (tertiary/aromatic N) is 1. The molecule has 0 saturated carbocycles. The summed E-state index contributed by atoms with van der Waals surface area (Å²) >= 11 is 0. The van der Waals surface area contributed by atoms with Crippen molar-refractivity contribution in [2.24, 2.45) is 0 Å². The van der Waals surface area contributed by atoms with Gasteiger partial charge < -0.3 is 9.64 Å². The number of amides is 1. The molecule has 4 rings (SSSR count). The van der Waals surface area contributed by atoms with Gasteiger partial charge in [-0.05, 0) is 29.5 Å². The highest BCUT2D eigenvalue weighted by Crippen LogP contribution is 2.27. The van der Waals surface area contributed by atoms with Crippen LogP contribution in [0.2, 0.25) is 0 Å². The summed E-state index contributed by atoms with van der Waals surface area (Å²) in [5.74, 6) is 0.217. The Morgan fingerprint density at radius 1 is 0.759 bits per heavy atom. The second kappa shape index (κ2) is 9.53. The Hall–Kier alpha value is -2.91. The summed E-state index contributed by atoms with van der Waals surface area (Å²) in [7, 11) is 0. The van der Waals surface area contributed by atoms with Crippen molar-refractivity contribution in [3.05, 3.63) is 108 Å². The molecule has 1 fully saturated rings. The van der Waals surface area contributed by atoms with Crippen molar-refractivity contribution < 1.29 is 9.53 Å². The molecule has 0 N–H and O–H groups in total. The normalized spacial score (nSPS) is 19.3. The van der Waals surface area contributed by atoms with Crippen LogP contribution >= 0.6 is 0 Å². The average Bonchev–Trinajstić information content (AvgIpc) is 2.78. The molecule has 1 amide bonds. The topological polar surface area (TPSA) is 29.5 Å². The average molecular weight is 386 g/mol. The number of hydrogen-bond donors (Lipinski definition) is 0. The van der Waals surface area contributed by atoms with Gasteiger partial charge in [0.15, 0.2) is 0 Å². The van der Waals surface area contributed by atoms with Gasteiger partial charge in [-0.25, -0.2) is 0 Å². The molecule has 0 aliphatic carbocycles. The summed E-state index contributed by atoms with van der Waals surface area (Å²) in [6.07, 6.45) is 2.14. The van der Waals surface area contributed by atoms with Gasteiger partial charge in [0.2, 0.25) is 5.91 Å². The van der Waals surface area contributed by atoms with Crippen molar-refractivity contribution in [1.82, 2.24) is 4.90 Å².